The number of nitrogens with two attached hydrogens (primary N) is 2. The quantitative estimate of drug-likeness (QED) is 0.562. The van der Waals surface area contributed by atoms with Crippen molar-refractivity contribution in [2.45, 2.75) is 18.6 Å². The molecule has 0 spiro atoms. The fraction of sp³-hybridized carbons (Fsp3) is 0.316. The molecule has 0 bridgehead atoms. The lowest BCUT2D eigenvalue weighted by molar-refractivity contribution is 0.102. The van der Waals surface area contributed by atoms with Crippen molar-refractivity contribution in [3.8, 4) is 10.6 Å². The molecule has 164 valence electrons. The van der Waals surface area contributed by atoms with Gasteiger partial charge in [-0.05, 0) is 18.6 Å². The number of rotatable bonds is 4. The highest BCUT2D eigenvalue weighted by Gasteiger charge is 2.29. The zero-order chi connectivity index (χ0) is 22.3. The van der Waals surface area contributed by atoms with Crippen LogP contribution in [0.2, 0.25) is 0 Å². The molecular formula is C19H20F3N7OS. The molecule has 8 nitrogen and oxygen atoms in total. The zero-order valence-corrected chi connectivity index (χ0v) is 17.3. The maximum atomic E-state index is 14.1. The number of nitrogen functional groups attached to an aromatic ring is 1. The topological polar surface area (TPSA) is 115 Å². The zero-order valence-electron chi connectivity index (χ0n) is 16.5. The minimum atomic E-state index is -1.10. The van der Waals surface area contributed by atoms with Crippen LogP contribution >= 0.6 is 11.3 Å². The molecule has 12 heteroatoms. The van der Waals surface area contributed by atoms with Gasteiger partial charge in [-0.25, -0.2) is 18.2 Å². The third kappa shape index (κ3) is 4.08. The van der Waals surface area contributed by atoms with E-state index in [9.17, 15) is 18.0 Å². The van der Waals surface area contributed by atoms with Crippen LogP contribution in [-0.4, -0.2) is 46.0 Å². The lowest BCUT2D eigenvalue weighted by Crippen LogP contribution is -2.48. The van der Waals surface area contributed by atoms with Gasteiger partial charge in [0.2, 0.25) is 0 Å². The van der Waals surface area contributed by atoms with Crippen molar-refractivity contribution < 1.29 is 18.0 Å². The van der Waals surface area contributed by atoms with Crippen LogP contribution in [0.3, 0.4) is 0 Å². The molecule has 2 atom stereocenters. The molecule has 0 radical (unpaired) electrons. The number of anilines is 3. The SMILES string of the molecule is Cn1ncc(NC(=O)c2nc(-c3c(F)cccc3F)sc2N)c1N1C[C@H](N)C[C@@H](F)C1. The number of thiazole rings is 1. The molecule has 5 N–H and O–H groups in total. The van der Waals surface area contributed by atoms with Crippen LogP contribution in [0.15, 0.2) is 24.4 Å². The number of benzene rings is 1. The molecule has 0 saturated carbocycles. The Morgan fingerprint density at radius 3 is 2.68 bits per heavy atom. The van der Waals surface area contributed by atoms with E-state index in [4.69, 9.17) is 11.5 Å². The normalized spacial score (nSPS) is 18.9. The maximum absolute atomic E-state index is 14.1. The second kappa shape index (κ2) is 8.19. The molecule has 2 aromatic heterocycles. The van der Waals surface area contributed by atoms with Crippen molar-refractivity contribution in [3.05, 3.63) is 41.7 Å². The number of aromatic nitrogens is 3. The van der Waals surface area contributed by atoms with Crippen LogP contribution in [0.5, 0.6) is 0 Å². The summed E-state index contributed by atoms with van der Waals surface area (Å²) in [6.45, 7) is 0.518. The molecule has 1 aromatic carbocycles. The number of carbonyl (C=O) groups is 1. The summed E-state index contributed by atoms with van der Waals surface area (Å²) in [6, 6.07) is 3.07. The van der Waals surface area contributed by atoms with Crippen molar-refractivity contribution >= 4 is 33.8 Å². The second-order valence-electron chi connectivity index (χ2n) is 7.29. The van der Waals surface area contributed by atoms with Crippen LogP contribution in [0.25, 0.3) is 10.6 Å². The van der Waals surface area contributed by atoms with Gasteiger partial charge in [0.05, 0.1) is 18.3 Å². The van der Waals surface area contributed by atoms with Gasteiger partial charge in [-0.1, -0.05) is 17.4 Å². The number of nitrogens with one attached hydrogen (secondary N) is 1. The van der Waals surface area contributed by atoms with Crippen LogP contribution in [0.1, 0.15) is 16.9 Å². The summed E-state index contributed by atoms with van der Waals surface area (Å²) in [7, 11) is 1.66. The summed E-state index contributed by atoms with van der Waals surface area (Å²) < 4.78 is 43.7. The van der Waals surface area contributed by atoms with Gasteiger partial charge in [0.25, 0.3) is 5.91 Å². The molecule has 31 heavy (non-hydrogen) atoms. The summed E-state index contributed by atoms with van der Waals surface area (Å²) in [5.41, 5.74) is 11.6. The van der Waals surface area contributed by atoms with Gasteiger partial charge in [-0.3, -0.25) is 9.48 Å². The summed E-state index contributed by atoms with van der Waals surface area (Å²) >= 11 is 0.801. The van der Waals surface area contributed by atoms with Crippen molar-refractivity contribution in [1.82, 2.24) is 14.8 Å². The minimum Gasteiger partial charge on any atom is -0.389 e. The first-order valence-corrected chi connectivity index (χ1v) is 10.2. The third-order valence-electron chi connectivity index (χ3n) is 4.93. The van der Waals surface area contributed by atoms with E-state index in [1.807, 2.05) is 0 Å². The second-order valence-corrected chi connectivity index (χ2v) is 8.32. The lowest BCUT2D eigenvalue weighted by Gasteiger charge is -2.34. The van der Waals surface area contributed by atoms with Crippen LogP contribution < -0.4 is 21.7 Å². The number of amides is 1. The molecule has 1 saturated heterocycles. The summed E-state index contributed by atoms with van der Waals surface area (Å²) in [6.07, 6.45) is 0.580. The van der Waals surface area contributed by atoms with E-state index in [1.165, 1.54) is 16.9 Å². The Morgan fingerprint density at radius 2 is 2.00 bits per heavy atom. The van der Waals surface area contributed by atoms with Crippen LogP contribution in [-0.2, 0) is 7.05 Å². The molecule has 4 rings (SSSR count). The average Bonchev–Trinajstić information content (AvgIpc) is 3.23. The Labute approximate surface area is 179 Å². The van der Waals surface area contributed by atoms with Crippen molar-refractivity contribution in [2.24, 2.45) is 12.8 Å². The Morgan fingerprint density at radius 1 is 1.29 bits per heavy atom. The fourth-order valence-corrected chi connectivity index (χ4v) is 4.50. The van der Waals surface area contributed by atoms with E-state index >= 15 is 0 Å². The molecule has 1 amide bonds. The standard InChI is InChI=1S/C19H20F3N7OS/c1-28-19(29-7-9(20)5-10(23)8-29)13(6-25-28)26-17(30)15-16(24)31-18(27-15)14-11(21)3-2-4-12(14)22/h2-4,6,9-10H,5,7-8,23-24H2,1H3,(H,26,30)/t9-,10-/m1/s1. The van der Waals surface area contributed by atoms with E-state index in [-0.39, 0.29) is 40.3 Å². The highest BCUT2D eigenvalue weighted by atomic mass is 32.1. The van der Waals surface area contributed by atoms with Crippen molar-refractivity contribution in [3.63, 3.8) is 0 Å². The molecule has 0 unspecified atom stereocenters. The molecule has 3 aromatic rings. The average molecular weight is 451 g/mol. The number of carbonyl (C=O) groups excluding carboxylic acids is 1. The number of halogens is 3. The Hall–Kier alpha value is -3.12. The highest BCUT2D eigenvalue weighted by Crippen LogP contribution is 2.34. The monoisotopic (exact) mass is 451 g/mol. The summed E-state index contributed by atoms with van der Waals surface area (Å²) in [5, 5.41) is 6.75. The largest absolute Gasteiger partial charge is 0.389 e. The third-order valence-corrected chi connectivity index (χ3v) is 5.83. The Bertz CT molecular complexity index is 1100. The van der Waals surface area contributed by atoms with E-state index in [1.54, 1.807) is 11.9 Å². The smallest absolute Gasteiger partial charge is 0.277 e. The number of aryl methyl sites for hydroxylation is 1. The van der Waals surface area contributed by atoms with Gasteiger partial charge >= 0.3 is 0 Å². The van der Waals surface area contributed by atoms with Gasteiger partial charge in [0.15, 0.2) is 11.5 Å². The minimum absolute atomic E-state index is 0.00408. The van der Waals surface area contributed by atoms with E-state index in [2.05, 4.69) is 15.4 Å². The van der Waals surface area contributed by atoms with Gasteiger partial charge in [0.1, 0.15) is 33.5 Å². The molecule has 1 aliphatic rings. The highest BCUT2D eigenvalue weighted by molar-refractivity contribution is 7.19. The van der Waals surface area contributed by atoms with Gasteiger partial charge in [0, 0.05) is 19.6 Å². The van der Waals surface area contributed by atoms with E-state index < -0.39 is 23.7 Å². The predicted molar refractivity (Wildman–Crippen MR) is 113 cm³/mol. The summed E-state index contributed by atoms with van der Waals surface area (Å²) in [5.74, 6) is -1.81. The number of nitrogens with zero attached hydrogens (tertiary/aromatic N) is 4. The molecular weight excluding hydrogens is 431 g/mol. The fourth-order valence-electron chi connectivity index (χ4n) is 3.63. The number of alkyl halides is 1. The van der Waals surface area contributed by atoms with Gasteiger partial charge in [-0.15, -0.1) is 0 Å². The Balaban J connectivity index is 1.61. The molecule has 1 aliphatic heterocycles. The first-order chi connectivity index (χ1) is 14.7. The molecule has 3 heterocycles. The van der Waals surface area contributed by atoms with Gasteiger partial charge in [-0.2, -0.15) is 5.10 Å². The molecule has 0 aliphatic carbocycles. The van der Waals surface area contributed by atoms with Gasteiger partial charge < -0.3 is 21.7 Å². The first kappa shape index (κ1) is 21.1. The summed E-state index contributed by atoms with van der Waals surface area (Å²) in [4.78, 5) is 18.6. The maximum Gasteiger partial charge on any atom is 0.277 e. The number of piperidine rings is 1. The lowest BCUT2D eigenvalue weighted by atomic mass is 10.1. The first-order valence-electron chi connectivity index (χ1n) is 9.43. The molecule has 1 fully saturated rings. The van der Waals surface area contributed by atoms with Crippen molar-refractivity contribution in [1.29, 1.82) is 0 Å². The number of hydrogen-bond donors (Lipinski definition) is 3. The van der Waals surface area contributed by atoms with E-state index in [0.717, 1.165) is 23.5 Å². The van der Waals surface area contributed by atoms with Crippen LogP contribution in [0, 0.1) is 11.6 Å². The predicted octanol–water partition coefficient (Wildman–Crippen LogP) is 2.53. The Kier molecular flexibility index (Phi) is 5.58. The van der Waals surface area contributed by atoms with Crippen molar-refractivity contribution in [2.75, 3.05) is 29.0 Å². The van der Waals surface area contributed by atoms with E-state index in [0.29, 0.717) is 18.1 Å². The van der Waals surface area contributed by atoms with Crippen LogP contribution in [0.4, 0.5) is 29.7 Å². The number of hydrogen-bond acceptors (Lipinski definition) is 7.